The van der Waals surface area contributed by atoms with Crippen molar-refractivity contribution in [1.29, 1.82) is 0 Å². The smallest absolute Gasteiger partial charge is 0.150 e. The molecule has 1 aromatic heterocycles. The molecule has 0 atom stereocenters. The van der Waals surface area contributed by atoms with Gasteiger partial charge in [-0.1, -0.05) is 30.3 Å². The van der Waals surface area contributed by atoms with Gasteiger partial charge in [-0.3, -0.25) is 4.79 Å². The van der Waals surface area contributed by atoms with Gasteiger partial charge in [-0.25, -0.2) is 4.39 Å². The molecule has 18 heavy (non-hydrogen) atoms. The van der Waals surface area contributed by atoms with E-state index in [-0.39, 0.29) is 5.82 Å². The lowest BCUT2D eigenvalue weighted by Crippen LogP contribution is -1.88. The van der Waals surface area contributed by atoms with Gasteiger partial charge in [-0.2, -0.15) is 0 Å². The Balaban J connectivity index is 2.26. The van der Waals surface area contributed by atoms with E-state index in [1.54, 1.807) is 23.5 Å². The van der Waals surface area contributed by atoms with E-state index >= 15 is 0 Å². The Kier molecular flexibility index (Phi) is 2.68. The summed E-state index contributed by atoms with van der Waals surface area (Å²) in [6.07, 6.45) is 0.651. The normalized spacial score (nSPS) is 10.7. The molecule has 0 aliphatic carbocycles. The molecule has 1 heterocycles. The Morgan fingerprint density at radius 3 is 2.72 bits per heavy atom. The van der Waals surface area contributed by atoms with E-state index in [2.05, 4.69) is 0 Å². The monoisotopic (exact) mass is 256 g/mol. The molecular formula is C15H9FOS. The van der Waals surface area contributed by atoms with Crippen LogP contribution < -0.4 is 0 Å². The van der Waals surface area contributed by atoms with Gasteiger partial charge in [-0.05, 0) is 22.9 Å². The van der Waals surface area contributed by atoms with E-state index in [4.69, 9.17) is 0 Å². The van der Waals surface area contributed by atoms with Crippen molar-refractivity contribution < 1.29 is 9.18 Å². The van der Waals surface area contributed by atoms with Gasteiger partial charge in [0, 0.05) is 21.4 Å². The van der Waals surface area contributed by atoms with Crippen LogP contribution in [0.1, 0.15) is 10.4 Å². The first-order valence-electron chi connectivity index (χ1n) is 5.51. The number of hydrogen-bond donors (Lipinski definition) is 0. The van der Waals surface area contributed by atoms with Crippen LogP contribution in [-0.4, -0.2) is 6.29 Å². The third kappa shape index (κ3) is 1.73. The van der Waals surface area contributed by atoms with Crippen LogP contribution in [0, 0.1) is 5.82 Å². The molecule has 88 valence electrons. The van der Waals surface area contributed by atoms with Crippen LogP contribution in [0.4, 0.5) is 4.39 Å². The quantitative estimate of drug-likeness (QED) is 0.616. The Hall–Kier alpha value is -2.00. The molecule has 0 bridgehead atoms. The maximum atomic E-state index is 14.0. The highest BCUT2D eigenvalue weighted by atomic mass is 32.1. The first-order valence-corrected chi connectivity index (χ1v) is 6.39. The van der Waals surface area contributed by atoms with Gasteiger partial charge in [0.15, 0.2) is 0 Å². The van der Waals surface area contributed by atoms with Gasteiger partial charge in [0.25, 0.3) is 0 Å². The molecule has 0 fully saturated rings. The molecule has 0 N–H and O–H groups in total. The van der Waals surface area contributed by atoms with Crippen LogP contribution in [-0.2, 0) is 0 Å². The average molecular weight is 256 g/mol. The molecule has 0 radical (unpaired) electrons. The summed E-state index contributed by atoms with van der Waals surface area (Å²) in [5.41, 5.74) is 1.76. The number of aldehydes is 1. The standard InChI is InChI=1S/C15H9FOS/c16-14-8-10(9-17)4-5-12(14)13-3-1-2-11-6-7-18-15(11)13/h1-9H. The van der Waals surface area contributed by atoms with Crippen molar-refractivity contribution in [3.8, 4) is 11.1 Å². The number of fused-ring (bicyclic) bond motifs is 1. The molecule has 0 amide bonds. The minimum absolute atomic E-state index is 0.356. The summed E-state index contributed by atoms with van der Waals surface area (Å²) in [4.78, 5) is 10.6. The molecule has 0 aliphatic rings. The summed E-state index contributed by atoms with van der Waals surface area (Å²) in [6.45, 7) is 0. The topological polar surface area (TPSA) is 17.1 Å². The Morgan fingerprint density at radius 2 is 1.94 bits per heavy atom. The van der Waals surface area contributed by atoms with Crippen molar-refractivity contribution in [1.82, 2.24) is 0 Å². The Morgan fingerprint density at radius 1 is 1.06 bits per heavy atom. The van der Waals surface area contributed by atoms with Gasteiger partial charge >= 0.3 is 0 Å². The third-order valence-corrected chi connectivity index (χ3v) is 3.86. The van der Waals surface area contributed by atoms with E-state index in [0.29, 0.717) is 17.4 Å². The zero-order valence-electron chi connectivity index (χ0n) is 9.39. The zero-order chi connectivity index (χ0) is 12.5. The lowest BCUT2D eigenvalue weighted by atomic mass is 10.0. The number of hydrogen-bond acceptors (Lipinski definition) is 2. The lowest BCUT2D eigenvalue weighted by Gasteiger charge is -2.05. The zero-order valence-corrected chi connectivity index (χ0v) is 10.2. The number of rotatable bonds is 2. The molecule has 3 heteroatoms. The molecule has 3 rings (SSSR count). The van der Waals surface area contributed by atoms with Crippen molar-refractivity contribution >= 4 is 27.7 Å². The maximum Gasteiger partial charge on any atom is 0.150 e. The number of carbonyl (C=O) groups excluding carboxylic acids is 1. The van der Waals surface area contributed by atoms with Crippen LogP contribution in [0.2, 0.25) is 0 Å². The molecule has 1 nitrogen and oxygen atoms in total. The minimum Gasteiger partial charge on any atom is -0.298 e. The summed E-state index contributed by atoms with van der Waals surface area (Å²) in [7, 11) is 0. The fourth-order valence-corrected chi connectivity index (χ4v) is 2.96. The van der Waals surface area contributed by atoms with Crippen LogP contribution in [0.15, 0.2) is 47.8 Å². The van der Waals surface area contributed by atoms with Crippen molar-refractivity contribution in [2.75, 3.05) is 0 Å². The highest BCUT2D eigenvalue weighted by Crippen LogP contribution is 2.33. The van der Waals surface area contributed by atoms with Crippen molar-refractivity contribution in [2.45, 2.75) is 0 Å². The van der Waals surface area contributed by atoms with E-state index in [0.717, 1.165) is 15.6 Å². The highest BCUT2D eigenvalue weighted by Gasteiger charge is 2.10. The second-order valence-corrected chi connectivity index (χ2v) is 4.92. The lowest BCUT2D eigenvalue weighted by molar-refractivity contribution is 0.112. The van der Waals surface area contributed by atoms with Crippen molar-refractivity contribution in [3.63, 3.8) is 0 Å². The minimum atomic E-state index is -0.361. The van der Waals surface area contributed by atoms with E-state index in [9.17, 15) is 9.18 Å². The van der Waals surface area contributed by atoms with E-state index in [1.165, 1.54) is 6.07 Å². The predicted molar refractivity (Wildman–Crippen MR) is 72.6 cm³/mol. The van der Waals surface area contributed by atoms with Gasteiger partial charge in [-0.15, -0.1) is 11.3 Å². The molecule has 2 aromatic carbocycles. The van der Waals surface area contributed by atoms with Gasteiger partial charge in [0.1, 0.15) is 12.1 Å². The van der Waals surface area contributed by atoms with Gasteiger partial charge in [0.2, 0.25) is 0 Å². The number of halogens is 1. The van der Waals surface area contributed by atoms with Crippen LogP contribution in [0.3, 0.4) is 0 Å². The van der Waals surface area contributed by atoms with Gasteiger partial charge in [0.05, 0.1) is 0 Å². The number of carbonyl (C=O) groups is 1. The van der Waals surface area contributed by atoms with Crippen molar-refractivity contribution in [3.05, 3.63) is 59.2 Å². The summed E-state index contributed by atoms with van der Waals surface area (Å²) < 4.78 is 15.1. The average Bonchev–Trinajstić information content (AvgIpc) is 2.87. The van der Waals surface area contributed by atoms with E-state index < -0.39 is 0 Å². The predicted octanol–water partition coefficient (Wildman–Crippen LogP) is 4.52. The SMILES string of the molecule is O=Cc1ccc(-c2cccc3ccsc23)c(F)c1. The molecule has 0 aliphatic heterocycles. The first-order chi connectivity index (χ1) is 8.79. The molecule has 0 saturated heterocycles. The van der Waals surface area contributed by atoms with Crippen LogP contribution >= 0.6 is 11.3 Å². The van der Waals surface area contributed by atoms with Crippen molar-refractivity contribution in [2.24, 2.45) is 0 Å². The van der Waals surface area contributed by atoms with Crippen LogP contribution in [0.5, 0.6) is 0 Å². The largest absolute Gasteiger partial charge is 0.298 e. The second-order valence-electron chi connectivity index (χ2n) is 4.00. The Bertz CT molecular complexity index is 730. The molecule has 0 saturated carbocycles. The molecule has 3 aromatic rings. The fourth-order valence-electron chi connectivity index (χ4n) is 2.03. The first kappa shape index (κ1) is 11.1. The third-order valence-electron chi connectivity index (χ3n) is 2.90. The Labute approximate surface area is 108 Å². The van der Waals surface area contributed by atoms with Crippen LogP contribution in [0.25, 0.3) is 21.2 Å². The maximum absolute atomic E-state index is 14.0. The summed E-state index contributed by atoms with van der Waals surface area (Å²) in [6, 6.07) is 12.4. The summed E-state index contributed by atoms with van der Waals surface area (Å²) in [5.74, 6) is -0.361. The molecular weight excluding hydrogens is 247 g/mol. The number of benzene rings is 2. The van der Waals surface area contributed by atoms with Gasteiger partial charge < -0.3 is 0 Å². The fraction of sp³-hybridized carbons (Fsp3) is 0. The summed E-state index contributed by atoms with van der Waals surface area (Å²) in [5, 5.41) is 3.10. The highest BCUT2D eigenvalue weighted by molar-refractivity contribution is 7.17. The second kappa shape index (κ2) is 4.35. The molecule has 0 unspecified atom stereocenters. The van der Waals surface area contributed by atoms with E-state index in [1.807, 2.05) is 29.6 Å². The molecule has 0 spiro atoms. The number of thiophene rings is 1. The summed E-state index contributed by atoms with van der Waals surface area (Å²) >= 11 is 1.59.